The van der Waals surface area contributed by atoms with Crippen LogP contribution in [0.15, 0.2) is 29.2 Å². The van der Waals surface area contributed by atoms with Crippen molar-refractivity contribution in [1.82, 2.24) is 9.21 Å². The maximum atomic E-state index is 12.1. The van der Waals surface area contributed by atoms with Gasteiger partial charge in [0.15, 0.2) is 6.61 Å². The zero-order chi connectivity index (χ0) is 19.4. The summed E-state index contributed by atoms with van der Waals surface area (Å²) in [6, 6.07) is 7.33. The fraction of sp³-hybridized carbons (Fsp3) is 0.438. The lowest BCUT2D eigenvalue weighted by Gasteiger charge is -2.28. The number of nitriles is 1. The lowest BCUT2D eigenvalue weighted by Crippen LogP contribution is -2.45. The molecule has 9 heteroatoms. The number of likely N-dealkylation sites (N-methyl/N-ethyl adjacent to an activating group) is 1. The summed E-state index contributed by atoms with van der Waals surface area (Å²) in [7, 11) is 0.510. The van der Waals surface area contributed by atoms with E-state index in [9.17, 15) is 18.0 Å². The van der Waals surface area contributed by atoms with Crippen molar-refractivity contribution in [2.75, 3.05) is 27.7 Å². The molecule has 1 rings (SSSR count). The highest BCUT2D eigenvalue weighted by Gasteiger charge is 2.28. The van der Waals surface area contributed by atoms with Gasteiger partial charge in [0.2, 0.25) is 10.0 Å². The second-order valence-electron chi connectivity index (χ2n) is 6.01. The first-order valence-corrected chi connectivity index (χ1v) is 8.75. The van der Waals surface area contributed by atoms with E-state index in [1.54, 1.807) is 13.8 Å². The standard InChI is InChI=1S/C16H21N3O5S/c1-16(2,11-17)19(5)14(20)10-24-15(21)12-7-6-8-13(9-12)25(22,23)18(3)4/h6-9H,10H2,1-5H3. The largest absolute Gasteiger partial charge is 0.452 e. The summed E-state index contributed by atoms with van der Waals surface area (Å²) in [6.45, 7) is 2.57. The molecule has 0 aliphatic carbocycles. The molecule has 25 heavy (non-hydrogen) atoms. The fourth-order valence-electron chi connectivity index (χ4n) is 1.69. The van der Waals surface area contributed by atoms with E-state index >= 15 is 0 Å². The molecule has 0 spiro atoms. The Balaban J connectivity index is 2.87. The average molecular weight is 367 g/mol. The molecule has 0 aliphatic rings. The van der Waals surface area contributed by atoms with Crippen LogP contribution in [0.3, 0.4) is 0 Å². The number of ether oxygens (including phenoxy) is 1. The number of benzene rings is 1. The minimum Gasteiger partial charge on any atom is -0.452 e. The summed E-state index contributed by atoms with van der Waals surface area (Å²) in [5.74, 6) is -1.37. The van der Waals surface area contributed by atoms with Crippen LogP contribution in [0.25, 0.3) is 0 Å². The number of hydrogen-bond donors (Lipinski definition) is 0. The number of sulfonamides is 1. The van der Waals surface area contributed by atoms with E-state index < -0.39 is 34.0 Å². The number of hydrogen-bond acceptors (Lipinski definition) is 6. The first-order valence-electron chi connectivity index (χ1n) is 7.31. The highest BCUT2D eigenvalue weighted by molar-refractivity contribution is 7.89. The van der Waals surface area contributed by atoms with Crippen molar-refractivity contribution in [3.63, 3.8) is 0 Å². The topological polar surface area (TPSA) is 108 Å². The highest BCUT2D eigenvalue weighted by Crippen LogP contribution is 2.16. The molecule has 136 valence electrons. The van der Waals surface area contributed by atoms with Crippen LogP contribution in [0.4, 0.5) is 0 Å². The Morgan fingerprint density at radius 3 is 2.36 bits per heavy atom. The van der Waals surface area contributed by atoms with E-state index in [4.69, 9.17) is 10.00 Å². The van der Waals surface area contributed by atoms with Gasteiger partial charge in [-0.15, -0.1) is 0 Å². The molecule has 1 aromatic rings. The van der Waals surface area contributed by atoms with E-state index in [0.717, 1.165) is 4.31 Å². The number of rotatable bonds is 6. The number of nitrogens with zero attached hydrogens (tertiary/aromatic N) is 3. The van der Waals surface area contributed by atoms with E-state index in [1.165, 1.54) is 50.3 Å². The summed E-state index contributed by atoms with van der Waals surface area (Å²) >= 11 is 0. The van der Waals surface area contributed by atoms with Crippen LogP contribution in [-0.2, 0) is 19.6 Å². The Hall–Kier alpha value is -2.44. The molecule has 0 N–H and O–H groups in total. The predicted octanol–water partition coefficient (Wildman–Crippen LogP) is 0.854. The number of amides is 1. The molecule has 0 radical (unpaired) electrons. The molecular weight excluding hydrogens is 346 g/mol. The Morgan fingerprint density at radius 2 is 1.84 bits per heavy atom. The number of carbonyl (C=O) groups excluding carboxylic acids is 2. The van der Waals surface area contributed by atoms with Crippen molar-refractivity contribution in [3.8, 4) is 6.07 Å². The van der Waals surface area contributed by atoms with Crippen LogP contribution in [0.1, 0.15) is 24.2 Å². The zero-order valence-corrected chi connectivity index (χ0v) is 15.6. The van der Waals surface area contributed by atoms with Gasteiger partial charge in [0, 0.05) is 21.1 Å². The smallest absolute Gasteiger partial charge is 0.338 e. The van der Waals surface area contributed by atoms with E-state index in [0.29, 0.717) is 0 Å². The van der Waals surface area contributed by atoms with Crippen LogP contribution in [0.2, 0.25) is 0 Å². The van der Waals surface area contributed by atoms with Crippen LogP contribution in [0.5, 0.6) is 0 Å². The third kappa shape index (κ3) is 4.78. The van der Waals surface area contributed by atoms with E-state index in [1.807, 2.05) is 6.07 Å². The van der Waals surface area contributed by atoms with Gasteiger partial charge in [0.1, 0.15) is 5.54 Å². The van der Waals surface area contributed by atoms with Gasteiger partial charge in [-0.3, -0.25) is 4.79 Å². The first-order chi connectivity index (χ1) is 11.4. The van der Waals surface area contributed by atoms with Gasteiger partial charge in [0.05, 0.1) is 16.5 Å². The molecule has 0 aromatic heterocycles. The Bertz CT molecular complexity index is 809. The van der Waals surface area contributed by atoms with Gasteiger partial charge in [-0.05, 0) is 32.0 Å². The molecule has 0 fully saturated rings. The van der Waals surface area contributed by atoms with Crippen molar-refractivity contribution in [3.05, 3.63) is 29.8 Å². The summed E-state index contributed by atoms with van der Waals surface area (Å²) in [4.78, 5) is 25.2. The SMILES string of the molecule is CN(C(=O)COC(=O)c1cccc(S(=O)(=O)N(C)C)c1)C(C)(C)C#N. The minimum atomic E-state index is -3.69. The molecule has 0 saturated carbocycles. The first kappa shape index (κ1) is 20.6. The van der Waals surface area contributed by atoms with Crippen molar-refractivity contribution in [1.29, 1.82) is 5.26 Å². The predicted molar refractivity (Wildman–Crippen MR) is 90.1 cm³/mol. The van der Waals surface area contributed by atoms with Gasteiger partial charge in [-0.25, -0.2) is 17.5 Å². The van der Waals surface area contributed by atoms with Crippen molar-refractivity contribution >= 4 is 21.9 Å². The van der Waals surface area contributed by atoms with Gasteiger partial charge in [-0.1, -0.05) is 6.07 Å². The monoisotopic (exact) mass is 367 g/mol. The minimum absolute atomic E-state index is 0.0120. The summed E-state index contributed by atoms with van der Waals surface area (Å²) < 4.78 is 30.1. The molecule has 0 saturated heterocycles. The van der Waals surface area contributed by atoms with Crippen LogP contribution < -0.4 is 0 Å². The quantitative estimate of drug-likeness (QED) is 0.690. The summed E-state index contributed by atoms with van der Waals surface area (Å²) in [5, 5.41) is 9.01. The second-order valence-corrected chi connectivity index (χ2v) is 8.17. The van der Waals surface area contributed by atoms with Crippen molar-refractivity contribution < 1.29 is 22.7 Å². The van der Waals surface area contributed by atoms with Crippen LogP contribution in [-0.4, -0.2) is 62.8 Å². The molecule has 0 unspecified atom stereocenters. The Kier molecular flexibility index (Phi) is 6.29. The number of esters is 1. The molecule has 1 amide bonds. The third-order valence-electron chi connectivity index (χ3n) is 3.66. The van der Waals surface area contributed by atoms with Gasteiger partial charge in [0.25, 0.3) is 5.91 Å². The van der Waals surface area contributed by atoms with Gasteiger partial charge >= 0.3 is 5.97 Å². The molecular formula is C16H21N3O5S. The number of carbonyl (C=O) groups is 2. The zero-order valence-electron chi connectivity index (χ0n) is 14.8. The maximum Gasteiger partial charge on any atom is 0.338 e. The fourth-order valence-corrected chi connectivity index (χ4v) is 2.64. The average Bonchev–Trinajstić information content (AvgIpc) is 2.58. The van der Waals surface area contributed by atoms with Crippen molar-refractivity contribution in [2.24, 2.45) is 0 Å². The molecule has 8 nitrogen and oxygen atoms in total. The van der Waals surface area contributed by atoms with Crippen LogP contribution in [0, 0.1) is 11.3 Å². The second kappa shape index (κ2) is 7.63. The summed E-state index contributed by atoms with van der Waals surface area (Å²) in [6.07, 6.45) is 0. The Labute approximate surface area is 147 Å². The normalized spacial score (nSPS) is 11.7. The molecule has 0 atom stereocenters. The molecule has 0 heterocycles. The van der Waals surface area contributed by atoms with Crippen LogP contribution >= 0.6 is 0 Å². The Morgan fingerprint density at radius 1 is 1.24 bits per heavy atom. The third-order valence-corrected chi connectivity index (χ3v) is 5.47. The highest BCUT2D eigenvalue weighted by atomic mass is 32.2. The van der Waals surface area contributed by atoms with Gasteiger partial charge in [-0.2, -0.15) is 5.26 Å². The lowest BCUT2D eigenvalue weighted by atomic mass is 10.1. The maximum absolute atomic E-state index is 12.1. The lowest BCUT2D eigenvalue weighted by molar-refractivity contribution is -0.136. The molecule has 1 aromatic carbocycles. The summed E-state index contributed by atoms with van der Waals surface area (Å²) in [5.41, 5.74) is -1.03. The van der Waals surface area contributed by atoms with Gasteiger partial charge < -0.3 is 9.64 Å². The molecule has 0 aliphatic heterocycles. The van der Waals surface area contributed by atoms with Crippen molar-refractivity contribution in [2.45, 2.75) is 24.3 Å². The van der Waals surface area contributed by atoms with E-state index in [2.05, 4.69) is 0 Å². The van der Waals surface area contributed by atoms with E-state index in [-0.39, 0.29) is 10.5 Å². The molecule has 0 bridgehead atoms.